The maximum Gasteiger partial charge on any atom is 0.274 e. The predicted molar refractivity (Wildman–Crippen MR) is 90.6 cm³/mol. The number of carbonyl (C=O) groups is 1. The summed E-state index contributed by atoms with van der Waals surface area (Å²) in [6.45, 7) is 9.12. The van der Waals surface area contributed by atoms with Crippen molar-refractivity contribution in [3.63, 3.8) is 0 Å². The number of fused-ring (bicyclic) bond motifs is 1. The Bertz CT molecular complexity index is 752. The molecule has 1 aliphatic rings. The molecule has 1 amide bonds. The first-order chi connectivity index (χ1) is 11.3. The third kappa shape index (κ3) is 3.23. The van der Waals surface area contributed by atoms with Crippen LogP contribution in [0.4, 0.5) is 0 Å². The molecule has 0 bridgehead atoms. The molecule has 2 heterocycles. The van der Waals surface area contributed by atoms with E-state index in [9.17, 15) is 4.79 Å². The van der Waals surface area contributed by atoms with Gasteiger partial charge in [-0.3, -0.25) is 9.48 Å². The van der Waals surface area contributed by atoms with E-state index >= 15 is 0 Å². The summed E-state index contributed by atoms with van der Waals surface area (Å²) in [6.07, 6.45) is 2.80. The molecule has 1 unspecified atom stereocenters. The highest BCUT2D eigenvalue weighted by molar-refractivity contribution is 5.93. The van der Waals surface area contributed by atoms with Crippen LogP contribution in [-0.4, -0.2) is 20.8 Å². The molecule has 0 aliphatic heterocycles. The van der Waals surface area contributed by atoms with Gasteiger partial charge in [0, 0.05) is 19.0 Å². The van der Waals surface area contributed by atoms with E-state index in [-0.39, 0.29) is 11.3 Å². The van der Waals surface area contributed by atoms with Crippen molar-refractivity contribution in [2.24, 2.45) is 18.4 Å². The lowest BCUT2D eigenvalue weighted by molar-refractivity contribution is 0.0939. The highest BCUT2D eigenvalue weighted by atomic mass is 16.5. The minimum Gasteiger partial charge on any atom is -0.360 e. The number of rotatable bonds is 3. The Kier molecular flexibility index (Phi) is 4.24. The Labute approximate surface area is 142 Å². The number of hydrogen-bond acceptors (Lipinski definition) is 4. The summed E-state index contributed by atoms with van der Waals surface area (Å²) in [5, 5.41) is 11.3. The van der Waals surface area contributed by atoms with Gasteiger partial charge in [-0.1, -0.05) is 25.9 Å². The van der Waals surface area contributed by atoms with Crippen LogP contribution in [0.3, 0.4) is 0 Å². The van der Waals surface area contributed by atoms with Gasteiger partial charge < -0.3 is 9.84 Å². The van der Waals surface area contributed by atoms with Crippen molar-refractivity contribution in [1.82, 2.24) is 20.3 Å². The number of hydrogen-bond donors (Lipinski definition) is 1. The molecular weight excluding hydrogens is 304 g/mol. The second-order valence-corrected chi connectivity index (χ2v) is 7.82. The molecule has 0 spiro atoms. The van der Waals surface area contributed by atoms with E-state index < -0.39 is 0 Å². The Morgan fingerprint density at radius 1 is 1.46 bits per heavy atom. The molecule has 0 saturated heterocycles. The minimum atomic E-state index is -0.173. The number of aromatic nitrogens is 3. The molecule has 1 aliphatic carbocycles. The summed E-state index contributed by atoms with van der Waals surface area (Å²) in [5.41, 5.74) is 3.55. The highest BCUT2D eigenvalue weighted by Gasteiger charge is 2.34. The van der Waals surface area contributed by atoms with Crippen LogP contribution >= 0.6 is 0 Å². The zero-order chi connectivity index (χ0) is 17.5. The Morgan fingerprint density at radius 3 is 2.83 bits per heavy atom. The lowest BCUT2D eigenvalue weighted by Gasteiger charge is -2.33. The molecule has 2 aromatic heterocycles. The van der Waals surface area contributed by atoms with Crippen molar-refractivity contribution in [2.75, 3.05) is 0 Å². The summed E-state index contributed by atoms with van der Waals surface area (Å²) < 4.78 is 7.20. The second-order valence-electron chi connectivity index (χ2n) is 7.82. The van der Waals surface area contributed by atoms with Crippen LogP contribution in [0.25, 0.3) is 0 Å². The first-order valence-corrected chi connectivity index (χ1v) is 8.51. The van der Waals surface area contributed by atoms with Crippen molar-refractivity contribution < 1.29 is 9.32 Å². The van der Waals surface area contributed by atoms with Crippen LogP contribution in [-0.2, 0) is 26.4 Å². The molecule has 3 rings (SSSR count). The summed E-state index contributed by atoms with van der Waals surface area (Å²) in [6, 6.07) is 1.97. The first-order valence-electron chi connectivity index (χ1n) is 8.51. The minimum absolute atomic E-state index is 0.173. The van der Waals surface area contributed by atoms with Crippen molar-refractivity contribution in [3.8, 4) is 0 Å². The van der Waals surface area contributed by atoms with Gasteiger partial charge in [-0.15, -0.1) is 0 Å². The molecule has 1 atom stereocenters. The molecule has 130 valence electrons. The number of amides is 1. The number of nitrogens with one attached hydrogen (secondary N) is 1. The standard InChI is InChI=1S/C18H26N4O2/c1-11-8-13(22(5)20-11)10-19-17(23)16-14-9-12(18(2,3)4)6-7-15(14)24-21-16/h8,12H,6-7,9-10H2,1-5H3,(H,19,23). The molecule has 0 aromatic carbocycles. The van der Waals surface area contributed by atoms with E-state index in [1.165, 1.54) is 0 Å². The maximum atomic E-state index is 12.6. The Balaban J connectivity index is 1.73. The third-order valence-corrected chi connectivity index (χ3v) is 5.01. The second kappa shape index (κ2) is 6.07. The molecule has 0 radical (unpaired) electrons. The summed E-state index contributed by atoms with van der Waals surface area (Å²) in [4.78, 5) is 12.6. The quantitative estimate of drug-likeness (QED) is 0.939. The molecule has 0 fully saturated rings. The van der Waals surface area contributed by atoms with Gasteiger partial charge in [0.05, 0.1) is 17.9 Å². The van der Waals surface area contributed by atoms with Gasteiger partial charge >= 0.3 is 0 Å². The Morgan fingerprint density at radius 2 is 2.21 bits per heavy atom. The molecule has 1 N–H and O–H groups in total. The van der Waals surface area contributed by atoms with Gasteiger partial charge in [-0.05, 0) is 37.2 Å². The van der Waals surface area contributed by atoms with Crippen molar-refractivity contribution >= 4 is 5.91 Å². The van der Waals surface area contributed by atoms with Crippen LogP contribution in [0.2, 0.25) is 0 Å². The molecule has 6 heteroatoms. The smallest absolute Gasteiger partial charge is 0.274 e. The summed E-state index contributed by atoms with van der Waals surface area (Å²) in [5.74, 6) is 1.24. The average molecular weight is 330 g/mol. The third-order valence-electron chi connectivity index (χ3n) is 5.01. The lowest BCUT2D eigenvalue weighted by Crippen LogP contribution is -2.29. The molecule has 6 nitrogen and oxygen atoms in total. The van der Waals surface area contributed by atoms with E-state index in [1.807, 2.05) is 20.0 Å². The predicted octanol–water partition coefficient (Wildman–Crippen LogP) is 2.80. The molecule has 24 heavy (non-hydrogen) atoms. The van der Waals surface area contributed by atoms with Gasteiger partial charge in [-0.25, -0.2) is 0 Å². The number of aryl methyl sites for hydroxylation is 3. The first kappa shape index (κ1) is 16.7. The van der Waals surface area contributed by atoms with E-state index in [1.54, 1.807) is 4.68 Å². The topological polar surface area (TPSA) is 73.0 Å². The largest absolute Gasteiger partial charge is 0.360 e. The van der Waals surface area contributed by atoms with E-state index in [4.69, 9.17) is 4.52 Å². The number of carbonyl (C=O) groups excluding carboxylic acids is 1. The molecule has 0 saturated carbocycles. The van der Waals surface area contributed by atoms with E-state index in [0.29, 0.717) is 18.2 Å². The monoisotopic (exact) mass is 330 g/mol. The van der Waals surface area contributed by atoms with Crippen molar-refractivity contribution in [2.45, 2.75) is 53.5 Å². The van der Waals surface area contributed by atoms with Gasteiger partial charge in [0.1, 0.15) is 5.76 Å². The van der Waals surface area contributed by atoms with Crippen LogP contribution in [0.1, 0.15) is 60.4 Å². The fourth-order valence-corrected chi connectivity index (χ4v) is 3.41. The van der Waals surface area contributed by atoms with E-state index in [0.717, 1.165) is 42.0 Å². The zero-order valence-electron chi connectivity index (χ0n) is 15.1. The molecule has 2 aromatic rings. The average Bonchev–Trinajstić information content (AvgIpc) is 3.06. The van der Waals surface area contributed by atoms with Crippen LogP contribution < -0.4 is 5.32 Å². The Hall–Kier alpha value is -2.11. The maximum absolute atomic E-state index is 12.6. The molecular formula is C18H26N4O2. The van der Waals surface area contributed by atoms with Gasteiger partial charge in [-0.2, -0.15) is 5.10 Å². The summed E-state index contributed by atoms with van der Waals surface area (Å²) in [7, 11) is 1.88. The van der Waals surface area contributed by atoms with E-state index in [2.05, 4.69) is 36.3 Å². The number of nitrogens with zero attached hydrogens (tertiary/aromatic N) is 3. The zero-order valence-corrected chi connectivity index (χ0v) is 15.1. The fourth-order valence-electron chi connectivity index (χ4n) is 3.41. The SMILES string of the molecule is Cc1cc(CNC(=O)c2noc3c2CC(C(C)(C)C)CC3)n(C)n1. The highest BCUT2D eigenvalue weighted by Crippen LogP contribution is 2.38. The normalized spacial score (nSPS) is 17.6. The lowest BCUT2D eigenvalue weighted by atomic mass is 9.71. The van der Waals surface area contributed by atoms with Crippen molar-refractivity contribution in [3.05, 3.63) is 34.5 Å². The van der Waals surface area contributed by atoms with Crippen LogP contribution in [0, 0.1) is 18.3 Å². The van der Waals surface area contributed by atoms with Crippen molar-refractivity contribution in [1.29, 1.82) is 0 Å². The van der Waals surface area contributed by atoms with Gasteiger partial charge in [0.15, 0.2) is 5.69 Å². The summed E-state index contributed by atoms with van der Waals surface area (Å²) >= 11 is 0. The van der Waals surface area contributed by atoms with Gasteiger partial charge in [0.2, 0.25) is 0 Å². The fraction of sp³-hybridized carbons (Fsp3) is 0.611. The van der Waals surface area contributed by atoms with Crippen LogP contribution in [0.5, 0.6) is 0 Å². The van der Waals surface area contributed by atoms with Crippen LogP contribution in [0.15, 0.2) is 10.6 Å². The van der Waals surface area contributed by atoms with Gasteiger partial charge in [0.25, 0.3) is 5.91 Å².